The number of amides is 2. The van der Waals surface area contributed by atoms with Gasteiger partial charge in [0.25, 0.3) is 0 Å². The van der Waals surface area contributed by atoms with Crippen molar-refractivity contribution < 1.29 is 9.90 Å². The highest BCUT2D eigenvalue weighted by Crippen LogP contribution is 2.26. The fourth-order valence-electron chi connectivity index (χ4n) is 0.938. The van der Waals surface area contributed by atoms with Crippen molar-refractivity contribution in [1.29, 1.82) is 0 Å². The van der Waals surface area contributed by atoms with Gasteiger partial charge >= 0.3 is 6.03 Å². The summed E-state index contributed by atoms with van der Waals surface area (Å²) >= 11 is 5.63. The highest BCUT2D eigenvalue weighted by molar-refractivity contribution is 6.30. The molecule has 0 unspecified atom stereocenters. The SMILES string of the molecule is CCNC(=O)Nc1ccc(Cl)cc1O. The normalized spacial score (nSPS) is 9.57. The molecule has 76 valence electrons. The van der Waals surface area contributed by atoms with Gasteiger partial charge in [0.1, 0.15) is 5.75 Å². The van der Waals surface area contributed by atoms with E-state index in [4.69, 9.17) is 11.6 Å². The fraction of sp³-hybridized carbons (Fsp3) is 0.222. The summed E-state index contributed by atoms with van der Waals surface area (Å²) in [5, 5.41) is 14.8. The second-order valence-electron chi connectivity index (χ2n) is 2.65. The Bertz CT molecular complexity index is 342. The number of hydrogen-bond donors (Lipinski definition) is 3. The molecule has 0 spiro atoms. The van der Waals surface area contributed by atoms with E-state index in [9.17, 15) is 9.90 Å². The number of carbonyl (C=O) groups is 1. The van der Waals surface area contributed by atoms with Gasteiger partial charge in [-0.25, -0.2) is 4.79 Å². The van der Waals surface area contributed by atoms with Gasteiger partial charge in [-0.1, -0.05) is 11.6 Å². The lowest BCUT2D eigenvalue weighted by Gasteiger charge is -2.07. The zero-order valence-corrected chi connectivity index (χ0v) is 8.43. The molecule has 2 amide bonds. The van der Waals surface area contributed by atoms with Crippen LogP contribution < -0.4 is 10.6 Å². The van der Waals surface area contributed by atoms with Crippen LogP contribution in [0.3, 0.4) is 0 Å². The molecular weight excluding hydrogens is 204 g/mol. The van der Waals surface area contributed by atoms with E-state index in [1.807, 2.05) is 0 Å². The molecule has 14 heavy (non-hydrogen) atoms. The Morgan fingerprint density at radius 3 is 2.86 bits per heavy atom. The second kappa shape index (κ2) is 4.72. The van der Waals surface area contributed by atoms with Gasteiger partial charge in [0.05, 0.1) is 5.69 Å². The quantitative estimate of drug-likeness (QED) is 0.661. The Balaban J connectivity index is 2.72. The van der Waals surface area contributed by atoms with Crippen molar-refractivity contribution in [3.8, 4) is 5.75 Å². The highest BCUT2D eigenvalue weighted by atomic mass is 35.5. The Morgan fingerprint density at radius 1 is 1.57 bits per heavy atom. The first kappa shape index (κ1) is 10.7. The van der Waals surface area contributed by atoms with Crippen LogP contribution in [0.5, 0.6) is 5.75 Å². The minimum absolute atomic E-state index is 0.0521. The predicted molar refractivity (Wildman–Crippen MR) is 55.8 cm³/mol. The summed E-state index contributed by atoms with van der Waals surface area (Å²) in [7, 11) is 0. The minimum Gasteiger partial charge on any atom is -0.506 e. The molecule has 0 radical (unpaired) electrons. The number of halogens is 1. The summed E-state index contributed by atoms with van der Waals surface area (Å²) in [6.45, 7) is 2.33. The summed E-state index contributed by atoms with van der Waals surface area (Å²) in [5.74, 6) is -0.0521. The van der Waals surface area contributed by atoms with E-state index in [1.165, 1.54) is 12.1 Å². The summed E-state index contributed by atoms with van der Waals surface area (Å²) in [6.07, 6.45) is 0. The number of nitrogens with one attached hydrogen (secondary N) is 2. The second-order valence-corrected chi connectivity index (χ2v) is 3.08. The van der Waals surface area contributed by atoms with Gasteiger partial charge in [-0.05, 0) is 19.1 Å². The maximum Gasteiger partial charge on any atom is 0.319 e. The number of benzene rings is 1. The molecular formula is C9H11ClN2O2. The number of anilines is 1. The number of urea groups is 1. The van der Waals surface area contributed by atoms with Crippen LogP contribution in [0.15, 0.2) is 18.2 Å². The van der Waals surface area contributed by atoms with Gasteiger partial charge in [0.15, 0.2) is 0 Å². The Labute approximate surface area is 86.9 Å². The smallest absolute Gasteiger partial charge is 0.319 e. The molecule has 0 aliphatic rings. The largest absolute Gasteiger partial charge is 0.506 e. The summed E-state index contributed by atoms with van der Waals surface area (Å²) in [6, 6.07) is 4.13. The molecule has 0 fully saturated rings. The van der Waals surface area contributed by atoms with Crippen LogP contribution >= 0.6 is 11.6 Å². The first-order chi connectivity index (χ1) is 6.63. The molecule has 0 aliphatic carbocycles. The molecule has 5 heteroatoms. The monoisotopic (exact) mass is 214 g/mol. The van der Waals surface area contributed by atoms with Gasteiger partial charge in [-0.15, -0.1) is 0 Å². The topological polar surface area (TPSA) is 61.4 Å². The summed E-state index contributed by atoms with van der Waals surface area (Å²) in [5.41, 5.74) is 0.334. The maximum atomic E-state index is 11.1. The van der Waals surface area contributed by atoms with Crippen molar-refractivity contribution in [3.05, 3.63) is 23.2 Å². The molecule has 0 atom stereocenters. The number of phenolic OH excluding ortho intramolecular Hbond substituents is 1. The minimum atomic E-state index is -0.356. The summed E-state index contributed by atoms with van der Waals surface area (Å²) in [4.78, 5) is 11.1. The van der Waals surface area contributed by atoms with Crippen LogP contribution in [0.1, 0.15) is 6.92 Å². The van der Waals surface area contributed by atoms with Crippen LogP contribution in [0.4, 0.5) is 10.5 Å². The van der Waals surface area contributed by atoms with Crippen molar-refractivity contribution in [2.45, 2.75) is 6.92 Å². The van der Waals surface area contributed by atoms with E-state index in [0.29, 0.717) is 17.3 Å². The number of carbonyl (C=O) groups excluding carboxylic acids is 1. The van der Waals surface area contributed by atoms with Gasteiger partial charge in [0.2, 0.25) is 0 Å². The third-order valence-corrected chi connectivity index (χ3v) is 1.78. The van der Waals surface area contributed by atoms with Gasteiger partial charge in [0, 0.05) is 17.6 Å². The van der Waals surface area contributed by atoms with Crippen molar-refractivity contribution >= 4 is 23.3 Å². The fourth-order valence-corrected chi connectivity index (χ4v) is 1.10. The van der Waals surface area contributed by atoms with Crippen LogP contribution in [-0.2, 0) is 0 Å². The number of aromatic hydroxyl groups is 1. The van der Waals surface area contributed by atoms with E-state index in [2.05, 4.69) is 10.6 Å². The average molecular weight is 215 g/mol. The van der Waals surface area contributed by atoms with Crippen LogP contribution in [-0.4, -0.2) is 17.7 Å². The highest BCUT2D eigenvalue weighted by Gasteiger charge is 2.04. The molecule has 0 aromatic heterocycles. The standard InChI is InChI=1S/C9H11ClN2O2/c1-2-11-9(14)12-7-4-3-6(10)5-8(7)13/h3-5,13H,2H2,1H3,(H2,11,12,14). The summed E-state index contributed by atoms with van der Waals surface area (Å²) < 4.78 is 0. The third kappa shape index (κ3) is 2.81. The lowest BCUT2D eigenvalue weighted by Crippen LogP contribution is -2.28. The molecule has 4 nitrogen and oxygen atoms in total. The van der Waals surface area contributed by atoms with Crippen molar-refractivity contribution in [2.75, 3.05) is 11.9 Å². The van der Waals surface area contributed by atoms with E-state index in [-0.39, 0.29) is 11.8 Å². The molecule has 0 saturated carbocycles. The number of phenols is 1. The molecule has 0 bridgehead atoms. The van der Waals surface area contributed by atoms with Crippen LogP contribution in [0.25, 0.3) is 0 Å². The maximum absolute atomic E-state index is 11.1. The lowest BCUT2D eigenvalue weighted by molar-refractivity contribution is 0.252. The first-order valence-electron chi connectivity index (χ1n) is 4.17. The Kier molecular flexibility index (Phi) is 3.59. The van der Waals surface area contributed by atoms with Crippen molar-refractivity contribution in [2.24, 2.45) is 0 Å². The van der Waals surface area contributed by atoms with E-state index >= 15 is 0 Å². The molecule has 3 N–H and O–H groups in total. The Hall–Kier alpha value is -1.42. The molecule has 1 rings (SSSR count). The zero-order chi connectivity index (χ0) is 10.6. The van der Waals surface area contributed by atoms with Gasteiger partial charge in [-0.2, -0.15) is 0 Å². The molecule has 1 aromatic carbocycles. The van der Waals surface area contributed by atoms with E-state index in [0.717, 1.165) is 0 Å². The number of rotatable bonds is 2. The molecule has 0 aliphatic heterocycles. The number of hydrogen-bond acceptors (Lipinski definition) is 2. The predicted octanol–water partition coefficient (Wildman–Crippen LogP) is 2.19. The Morgan fingerprint density at radius 2 is 2.29 bits per heavy atom. The van der Waals surface area contributed by atoms with Gasteiger partial charge < -0.3 is 15.7 Å². The average Bonchev–Trinajstić information content (AvgIpc) is 2.10. The van der Waals surface area contributed by atoms with Crippen molar-refractivity contribution in [3.63, 3.8) is 0 Å². The van der Waals surface area contributed by atoms with E-state index < -0.39 is 0 Å². The van der Waals surface area contributed by atoms with Crippen LogP contribution in [0, 0.1) is 0 Å². The van der Waals surface area contributed by atoms with Crippen molar-refractivity contribution in [1.82, 2.24) is 5.32 Å². The lowest BCUT2D eigenvalue weighted by atomic mass is 10.3. The molecule has 0 saturated heterocycles. The van der Waals surface area contributed by atoms with E-state index in [1.54, 1.807) is 13.0 Å². The first-order valence-corrected chi connectivity index (χ1v) is 4.54. The third-order valence-electron chi connectivity index (χ3n) is 1.55. The van der Waals surface area contributed by atoms with Gasteiger partial charge in [-0.3, -0.25) is 0 Å². The van der Waals surface area contributed by atoms with Crippen LogP contribution in [0.2, 0.25) is 5.02 Å². The molecule has 1 aromatic rings. The molecule has 0 heterocycles. The zero-order valence-electron chi connectivity index (χ0n) is 7.67.